The van der Waals surface area contributed by atoms with Crippen LogP contribution in [0.25, 0.3) is 0 Å². The Bertz CT molecular complexity index is 459. The molecule has 1 aliphatic rings. The summed E-state index contributed by atoms with van der Waals surface area (Å²) < 4.78 is 68.8. The van der Waals surface area contributed by atoms with Gasteiger partial charge in [-0.2, -0.15) is 0 Å². The molecule has 1 aromatic carbocycles. The maximum atomic E-state index is 13.2. The first-order chi connectivity index (χ1) is 8.02. The lowest BCUT2D eigenvalue weighted by Gasteiger charge is -2.07. The molecule has 0 spiro atoms. The number of aldehydes is 1. The summed E-state index contributed by atoms with van der Waals surface area (Å²) in [7, 11) is 0. The summed E-state index contributed by atoms with van der Waals surface area (Å²) in [6.45, 7) is 0. The molecular weight excluding hydrogens is 251 g/mol. The minimum Gasteiger partial charge on any atom is -0.203 e. The summed E-state index contributed by atoms with van der Waals surface area (Å²) in [4.78, 5) is 4.33. The van der Waals surface area contributed by atoms with Crippen LogP contribution in [0.15, 0.2) is 0 Å². The van der Waals surface area contributed by atoms with Crippen LogP contribution in [0.5, 0.6) is 0 Å². The van der Waals surface area contributed by atoms with Crippen molar-refractivity contribution in [3.05, 3.63) is 34.6 Å². The van der Waals surface area contributed by atoms with E-state index < -0.39 is 47.2 Å². The van der Waals surface area contributed by atoms with Gasteiger partial charge in [0, 0.05) is 12.0 Å². The standard InChI is InChI=1S/C9H4F5O3/c10-5-4(1-3-2-15-17-16-3)6(11)8(13)9(14)7(5)12/h2-3H,1H2/q+1. The van der Waals surface area contributed by atoms with Gasteiger partial charge in [0.1, 0.15) is 0 Å². The molecule has 1 heterocycles. The van der Waals surface area contributed by atoms with Crippen LogP contribution in [-0.4, -0.2) is 12.4 Å². The van der Waals surface area contributed by atoms with Gasteiger partial charge in [-0.25, -0.2) is 22.0 Å². The zero-order valence-corrected chi connectivity index (χ0v) is 7.98. The number of benzene rings is 1. The molecule has 1 unspecified atom stereocenters. The molecule has 2 rings (SSSR count). The Morgan fingerprint density at radius 2 is 1.47 bits per heavy atom. The van der Waals surface area contributed by atoms with Crippen LogP contribution in [0.2, 0.25) is 0 Å². The van der Waals surface area contributed by atoms with Gasteiger partial charge in [0.25, 0.3) is 0 Å². The summed E-state index contributed by atoms with van der Waals surface area (Å²) in [5.41, 5.74) is -0.989. The van der Waals surface area contributed by atoms with Crippen molar-refractivity contribution in [3.8, 4) is 0 Å². The third kappa shape index (κ3) is 1.95. The molecule has 0 radical (unpaired) electrons. The van der Waals surface area contributed by atoms with E-state index in [1.165, 1.54) is 0 Å². The molecule has 1 atom stereocenters. The van der Waals surface area contributed by atoms with E-state index in [0.717, 1.165) is 6.29 Å². The van der Waals surface area contributed by atoms with E-state index in [-0.39, 0.29) is 0 Å². The van der Waals surface area contributed by atoms with E-state index in [1.54, 1.807) is 0 Å². The highest BCUT2D eigenvalue weighted by Gasteiger charge is 2.32. The second-order valence-electron chi connectivity index (χ2n) is 3.19. The van der Waals surface area contributed by atoms with E-state index in [0.29, 0.717) is 0 Å². The number of halogens is 5. The molecule has 0 aromatic heterocycles. The maximum absolute atomic E-state index is 13.2. The SMILES string of the molecule is Fc1c(F)c(F)c(CC2C=[O+]OO2)c(F)c1F. The minimum absolute atomic E-state index is 0.605. The van der Waals surface area contributed by atoms with E-state index in [1.807, 2.05) is 0 Å². The minimum atomic E-state index is -2.20. The van der Waals surface area contributed by atoms with E-state index >= 15 is 0 Å². The summed E-state index contributed by atoms with van der Waals surface area (Å²) in [6, 6.07) is 0. The Hall–Kier alpha value is -1.70. The number of carbonyl (C=O) groups excluding carboxylic acids is 1. The van der Waals surface area contributed by atoms with Crippen molar-refractivity contribution in [2.45, 2.75) is 12.5 Å². The van der Waals surface area contributed by atoms with Gasteiger partial charge in [-0.1, -0.05) is 4.89 Å². The highest BCUT2D eigenvalue weighted by molar-refractivity contribution is 5.57. The second-order valence-corrected chi connectivity index (χ2v) is 3.19. The summed E-state index contributed by atoms with van der Waals surface area (Å²) in [5.74, 6) is -10.00. The highest BCUT2D eigenvalue weighted by Crippen LogP contribution is 2.24. The van der Waals surface area contributed by atoms with Gasteiger partial charge in [-0.05, 0) is 0 Å². The molecule has 1 aliphatic heterocycles. The van der Waals surface area contributed by atoms with Crippen molar-refractivity contribution < 1.29 is 36.5 Å². The zero-order valence-electron chi connectivity index (χ0n) is 7.98. The Kier molecular flexibility index (Phi) is 2.97. The van der Waals surface area contributed by atoms with Crippen LogP contribution < -0.4 is 0 Å². The van der Waals surface area contributed by atoms with Gasteiger partial charge >= 0.3 is 6.29 Å². The van der Waals surface area contributed by atoms with Crippen LogP contribution in [0.4, 0.5) is 22.0 Å². The molecular formula is C9H4F5O3+. The molecule has 17 heavy (non-hydrogen) atoms. The molecule has 8 heteroatoms. The van der Waals surface area contributed by atoms with Crippen LogP contribution in [0, 0.1) is 29.1 Å². The van der Waals surface area contributed by atoms with Crippen LogP contribution in [0.1, 0.15) is 5.56 Å². The van der Waals surface area contributed by atoms with Crippen LogP contribution >= 0.6 is 0 Å². The van der Waals surface area contributed by atoms with Crippen LogP contribution in [0.3, 0.4) is 0 Å². The highest BCUT2D eigenvalue weighted by atomic mass is 19.2. The lowest BCUT2D eigenvalue weighted by molar-refractivity contribution is -0.830. The van der Waals surface area contributed by atoms with Crippen molar-refractivity contribution in [3.63, 3.8) is 0 Å². The first-order valence-corrected chi connectivity index (χ1v) is 4.34. The zero-order chi connectivity index (χ0) is 12.6. The van der Waals surface area contributed by atoms with Crippen molar-refractivity contribution in [2.75, 3.05) is 0 Å². The van der Waals surface area contributed by atoms with Crippen molar-refractivity contribution in [2.24, 2.45) is 0 Å². The first-order valence-electron chi connectivity index (χ1n) is 4.34. The van der Waals surface area contributed by atoms with Gasteiger partial charge < -0.3 is 0 Å². The average molecular weight is 255 g/mol. The van der Waals surface area contributed by atoms with E-state index in [4.69, 9.17) is 0 Å². The normalized spacial score (nSPS) is 18.5. The third-order valence-electron chi connectivity index (χ3n) is 2.12. The molecule has 0 bridgehead atoms. The Morgan fingerprint density at radius 1 is 0.941 bits per heavy atom. The van der Waals surface area contributed by atoms with Gasteiger partial charge in [-0.3, -0.25) is 0 Å². The smallest absolute Gasteiger partial charge is 0.203 e. The van der Waals surface area contributed by atoms with Gasteiger partial charge in [0.2, 0.25) is 11.9 Å². The second kappa shape index (κ2) is 4.28. The monoisotopic (exact) mass is 255 g/mol. The molecule has 0 saturated carbocycles. The van der Waals surface area contributed by atoms with E-state index in [9.17, 15) is 22.0 Å². The molecule has 0 saturated heterocycles. The molecule has 92 valence electrons. The van der Waals surface area contributed by atoms with Gasteiger partial charge in [0.05, 0.1) is 9.61 Å². The quantitative estimate of drug-likeness (QED) is 0.202. The number of hydrogen-bond donors (Lipinski definition) is 0. The molecule has 0 N–H and O–H groups in total. The summed E-state index contributed by atoms with van der Waals surface area (Å²) >= 11 is 0. The molecule has 0 aliphatic carbocycles. The fraction of sp³-hybridized carbons (Fsp3) is 0.222. The van der Waals surface area contributed by atoms with E-state index in [2.05, 4.69) is 14.5 Å². The maximum Gasteiger partial charge on any atom is 0.412 e. The molecule has 0 fully saturated rings. The molecule has 0 amide bonds. The van der Waals surface area contributed by atoms with Gasteiger partial charge in [-0.15, -0.1) is 0 Å². The Labute approximate surface area is 90.9 Å². The van der Waals surface area contributed by atoms with Crippen molar-refractivity contribution in [1.82, 2.24) is 0 Å². The largest absolute Gasteiger partial charge is 0.412 e. The van der Waals surface area contributed by atoms with Crippen molar-refractivity contribution >= 4 is 6.29 Å². The average Bonchev–Trinajstić information content (AvgIpc) is 2.82. The fourth-order valence-corrected chi connectivity index (χ4v) is 1.29. The predicted molar refractivity (Wildman–Crippen MR) is 42.0 cm³/mol. The molecule has 1 aromatic rings. The van der Waals surface area contributed by atoms with Gasteiger partial charge in [0.15, 0.2) is 23.3 Å². The lowest BCUT2D eigenvalue weighted by atomic mass is 10.1. The summed E-state index contributed by atoms with van der Waals surface area (Å²) in [6.07, 6.45) is -0.743. The fourth-order valence-electron chi connectivity index (χ4n) is 1.29. The topological polar surface area (TPSA) is 29.8 Å². The number of rotatable bonds is 2. The third-order valence-corrected chi connectivity index (χ3v) is 2.12. The van der Waals surface area contributed by atoms with Crippen molar-refractivity contribution in [1.29, 1.82) is 0 Å². The Balaban J connectivity index is 2.42. The first kappa shape index (κ1) is 11.8. The lowest BCUT2D eigenvalue weighted by Crippen LogP contribution is -2.17. The van der Waals surface area contributed by atoms with Crippen LogP contribution in [-0.2, 0) is 20.9 Å². The Morgan fingerprint density at radius 3 is 1.94 bits per heavy atom. The number of hydrogen-bond acceptors (Lipinski definition) is 2. The molecule has 3 nitrogen and oxygen atoms in total. The summed E-state index contributed by atoms with van der Waals surface area (Å²) in [5, 5.41) is 3.93. The predicted octanol–water partition coefficient (Wildman–Crippen LogP) is 1.90.